The molecule has 2 amide bonds. The Morgan fingerprint density at radius 1 is 0.750 bits per heavy atom. The molecule has 4 nitrogen and oxygen atoms in total. The zero-order valence-electron chi connectivity index (χ0n) is 12.1. The molecule has 1 fully saturated rings. The van der Waals surface area contributed by atoms with E-state index < -0.39 is 23.4 Å². The Kier molecular flexibility index (Phi) is 4.69. The number of benzene rings is 2. The van der Waals surface area contributed by atoms with E-state index in [1.54, 1.807) is 12.1 Å². The predicted molar refractivity (Wildman–Crippen MR) is 92.9 cm³/mol. The van der Waals surface area contributed by atoms with E-state index in [2.05, 4.69) is 31.9 Å². The van der Waals surface area contributed by atoms with Crippen molar-refractivity contribution in [2.24, 2.45) is 0 Å². The fraction of sp³-hybridized carbons (Fsp3) is 0.125. The van der Waals surface area contributed by atoms with Crippen LogP contribution in [0, 0.1) is 11.6 Å². The molecule has 8 heteroatoms. The smallest absolute Gasteiger partial charge is 0.247 e. The third-order valence-electron chi connectivity index (χ3n) is 3.59. The molecule has 0 radical (unpaired) electrons. The summed E-state index contributed by atoms with van der Waals surface area (Å²) in [6.07, 6.45) is 0. The van der Waals surface area contributed by atoms with Gasteiger partial charge >= 0.3 is 0 Å². The number of halogens is 4. The molecule has 1 aliphatic rings. The largest absolute Gasteiger partial charge is 0.299 e. The van der Waals surface area contributed by atoms with Gasteiger partial charge in [0, 0.05) is 8.95 Å². The molecule has 1 saturated heterocycles. The summed E-state index contributed by atoms with van der Waals surface area (Å²) in [6.45, 7) is -0.709. The molecule has 2 aromatic rings. The van der Waals surface area contributed by atoms with Gasteiger partial charge in [-0.15, -0.1) is 0 Å². The lowest BCUT2D eigenvalue weighted by molar-refractivity contribution is -0.125. The zero-order valence-corrected chi connectivity index (χ0v) is 15.3. The van der Waals surface area contributed by atoms with Crippen molar-refractivity contribution >= 4 is 55.0 Å². The fourth-order valence-electron chi connectivity index (χ4n) is 2.46. The molecule has 1 heterocycles. The van der Waals surface area contributed by atoms with Gasteiger partial charge in [-0.1, -0.05) is 31.9 Å². The van der Waals surface area contributed by atoms with Crippen LogP contribution in [0.1, 0.15) is 0 Å². The Morgan fingerprint density at radius 2 is 1.12 bits per heavy atom. The minimum absolute atomic E-state index is 0.0208. The lowest BCUT2D eigenvalue weighted by Gasteiger charge is -2.34. The highest BCUT2D eigenvalue weighted by Crippen LogP contribution is 2.28. The van der Waals surface area contributed by atoms with Crippen molar-refractivity contribution in [1.82, 2.24) is 0 Å². The van der Waals surface area contributed by atoms with E-state index in [4.69, 9.17) is 0 Å². The number of anilines is 2. The van der Waals surface area contributed by atoms with Crippen LogP contribution in [0.5, 0.6) is 0 Å². The maximum atomic E-state index is 14.1. The lowest BCUT2D eigenvalue weighted by atomic mass is 10.2. The quantitative estimate of drug-likeness (QED) is 0.684. The Labute approximate surface area is 153 Å². The molecule has 0 spiro atoms. The Hall–Kier alpha value is -1.80. The van der Waals surface area contributed by atoms with Crippen molar-refractivity contribution < 1.29 is 18.4 Å². The first-order chi connectivity index (χ1) is 11.4. The first-order valence-corrected chi connectivity index (χ1v) is 8.46. The number of piperazine rings is 1. The second kappa shape index (κ2) is 6.60. The van der Waals surface area contributed by atoms with Crippen LogP contribution in [0.25, 0.3) is 0 Å². The van der Waals surface area contributed by atoms with Crippen LogP contribution < -0.4 is 9.80 Å². The number of carbonyl (C=O) groups is 2. The van der Waals surface area contributed by atoms with Crippen LogP contribution in [0.3, 0.4) is 0 Å². The summed E-state index contributed by atoms with van der Waals surface area (Å²) in [5.74, 6) is -2.21. The molecule has 0 N–H and O–H groups in total. The van der Waals surface area contributed by atoms with E-state index in [0.717, 1.165) is 9.80 Å². The third kappa shape index (κ3) is 3.21. The summed E-state index contributed by atoms with van der Waals surface area (Å²) >= 11 is 6.27. The summed E-state index contributed by atoms with van der Waals surface area (Å²) in [5, 5.41) is 0. The second-order valence-corrected chi connectivity index (χ2v) is 6.98. The molecule has 3 rings (SSSR count). The normalized spacial score (nSPS) is 15.2. The summed E-state index contributed by atoms with van der Waals surface area (Å²) in [6, 6.07) is 8.43. The summed E-state index contributed by atoms with van der Waals surface area (Å²) < 4.78 is 29.2. The molecule has 0 aromatic heterocycles. The maximum absolute atomic E-state index is 14.1. The van der Waals surface area contributed by atoms with Gasteiger partial charge in [-0.3, -0.25) is 19.4 Å². The van der Waals surface area contributed by atoms with Gasteiger partial charge in [0.1, 0.15) is 24.7 Å². The van der Waals surface area contributed by atoms with E-state index in [1.807, 2.05) is 0 Å². The molecule has 2 aromatic carbocycles. The van der Waals surface area contributed by atoms with E-state index in [9.17, 15) is 18.4 Å². The van der Waals surface area contributed by atoms with Crippen molar-refractivity contribution in [2.75, 3.05) is 22.9 Å². The first-order valence-electron chi connectivity index (χ1n) is 6.87. The van der Waals surface area contributed by atoms with Gasteiger partial charge in [0.05, 0.1) is 11.4 Å². The molecular formula is C16H10Br2F2N2O2. The van der Waals surface area contributed by atoms with Crippen LogP contribution in [0.15, 0.2) is 45.3 Å². The van der Waals surface area contributed by atoms with Gasteiger partial charge in [-0.05, 0) is 36.4 Å². The Morgan fingerprint density at radius 3 is 1.46 bits per heavy atom. The first kappa shape index (κ1) is 17.0. The Bertz CT molecular complexity index is 775. The molecule has 0 saturated carbocycles. The zero-order chi connectivity index (χ0) is 17.4. The molecule has 0 unspecified atom stereocenters. The van der Waals surface area contributed by atoms with E-state index in [-0.39, 0.29) is 24.5 Å². The number of carbonyl (C=O) groups excluding carboxylic acids is 2. The standard InChI is InChI=1S/C16H10Br2F2N2O2/c17-9-1-3-13(11(19)5-9)21-7-16(24)22(8-15(21)23)14-4-2-10(18)6-12(14)20/h1-6H,7-8H2. The molecular weight excluding hydrogens is 450 g/mol. The highest BCUT2D eigenvalue weighted by atomic mass is 79.9. The van der Waals surface area contributed by atoms with Gasteiger partial charge in [-0.2, -0.15) is 0 Å². The monoisotopic (exact) mass is 458 g/mol. The van der Waals surface area contributed by atoms with Crippen LogP contribution in [-0.4, -0.2) is 24.9 Å². The van der Waals surface area contributed by atoms with Crippen LogP contribution >= 0.6 is 31.9 Å². The summed E-state index contributed by atoms with van der Waals surface area (Å²) in [4.78, 5) is 26.9. The van der Waals surface area contributed by atoms with Crippen molar-refractivity contribution in [2.45, 2.75) is 0 Å². The number of hydrogen-bond acceptors (Lipinski definition) is 2. The molecule has 24 heavy (non-hydrogen) atoms. The Balaban J connectivity index is 1.89. The molecule has 0 bridgehead atoms. The summed E-state index contributed by atoms with van der Waals surface area (Å²) in [7, 11) is 0. The van der Waals surface area contributed by atoms with Gasteiger partial charge in [0.25, 0.3) is 0 Å². The lowest BCUT2D eigenvalue weighted by Crippen LogP contribution is -2.54. The highest BCUT2D eigenvalue weighted by molar-refractivity contribution is 9.10. The molecule has 124 valence electrons. The van der Waals surface area contributed by atoms with Crippen molar-refractivity contribution in [3.8, 4) is 0 Å². The minimum atomic E-state index is -0.617. The van der Waals surface area contributed by atoms with Crippen LogP contribution in [0.4, 0.5) is 20.2 Å². The number of amides is 2. The topological polar surface area (TPSA) is 40.6 Å². The average molecular weight is 460 g/mol. The second-order valence-electron chi connectivity index (χ2n) is 5.15. The summed E-state index contributed by atoms with van der Waals surface area (Å²) in [5.41, 5.74) is 0.0416. The van der Waals surface area contributed by atoms with E-state index in [1.165, 1.54) is 24.3 Å². The van der Waals surface area contributed by atoms with Gasteiger partial charge in [0.15, 0.2) is 0 Å². The van der Waals surface area contributed by atoms with E-state index in [0.29, 0.717) is 8.95 Å². The van der Waals surface area contributed by atoms with Crippen molar-refractivity contribution in [3.63, 3.8) is 0 Å². The number of nitrogens with zero attached hydrogens (tertiary/aromatic N) is 2. The van der Waals surface area contributed by atoms with Gasteiger partial charge < -0.3 is 0 Å². The number of hydrogen-bond donors (Lipinski definition) is 0. The molecule has 0 aliphatic carbocycles. The predicted octanol–water partition coefficient (Wildman–Crippen LogP) is 3.87. The molecule has 0 atom stereocenters. The van der Waals surface area contributed by atoms with Gasteiger partial charge in [-0.25, -0.2) is 8.78 Å². The van der Waals surface area contributed by atoms with E-state index >= 15 is 0 Å². The van der Waals surface area contributed by atoms with Crippen molar-refractivity contribution in [3.05, 3.63) is 57.0 Å². The van der Waals surface area contributed by atoms with Crippen LogP contribution in [0.2, 0.25) is 0 Å². The molecule has 1 aliphatic heterocycles. The van der Waals surface area contributed by atoms with Crippen molar-refractivity contribution in [1.29, 1.82) is 0 Å². The maximum Gasteiger partial charge on any atom is 0.247 e. The highest BCUT2D eigenvalue weighted by Gasteiger charge is 2.34. The number of rotatable bonds is 2. The minimum Gasteiger partial charge on any atom is -0.299 e. The SMILES string of the molecule is O=C1CN(c2ccc(Br)cc2F)C(=O)CN1c1ccc(Br)cc1F. The fourth-order valence-corrected chi connectivity index (χ4v) is 3.12. The van der Waals surface area contributed by atoms with Crippen LogP contribution in [-0.2, 0) is 9.59 Å². The average Bonchev–Trinajstić information content (AvgIpc) is 2.50. The van der Waals surface area contributed by atoms with Gasteiger partial charge in [0.2, 0.25) is 11.8 Å². The third-order valence-corrected chi connectivity index (χ3v) is 4.58.